The topological polar surface area (TPSA) is 4.93 Å². The van der Waals surface area contributed by atoms with Crippen LogP contribution in [0.25, 0.3) is 49.7 Å². The zero-order valence-electron chi connectivity index (χ0n) is 32.9. The molecule has 1 aromatic heterocycles. The van der Waals surface area contributed by atoms with Crippen molar-refractivity contribution < 1.29 is 0 Å². The summed E-state index contributed by atoms with van der Waals surface area (Å²) in [6.45, 7) is 22.6. The lowest BCUT2D eigenvalue weighted by molar-refractivity contribution is 1.09. The molecule has 0 spiro atoms. The third-order valence-electron chi connectivity index (χ3n) is 6.95. The minimum Gasteiger partial charge on any atom is -0.308 e. The Morgan fingerprint density at radius 1 is 0.373 bits per heavy atom. The van der Waals surface area contributed by atoms with E-state index in [9.17, 15) is 0 Å². The van der Waals surface area contributed by atoms with Gasteiger partial charge in [0.05, 0.1) is 16.7 Å². The summed E-state index contributed by atoms with van der Waals surface area (Å²) in [4.78, 5) is 0. The smallest absolute Gasteiger partial charge is 0.0618 e. The van der Waals surface area contributed by atoms with Crippen LogP contribution in [0.4, 0.5) is 0 Å². The van der Waals surface area contributed by atoms with Crippen molar-refractivity contribution in [1.82, 2.24) is 4.57 Å². The summed E-state index contributed by atoms with van der Waals surface area (Å²) in [6.07, 6.45) is 2.50. The van der Waals surface area contributed by atoms with Gasteiger partial charge in [0.2, 0.25) is 0 Å². The fourth-order valence-electron chi connectivity index (χ4n) is 5.18. The fraction of sp³-hybridized carbons (Fsp3) is 0.280. The zero-order valence-corrected chi connectivity index (χ0v) is 32.9. The standard InChI is InChI=1S/C30H21N.C7H8.2C3H8.3C2H6.CH4/c1-3-12-22(13-4-1)24-18-11-19-25(23-14-5-2-6-15-23)30(24)31-28-20-9-7-16-26(28)27-17-8-10-21-29(27)31;1-7-5-3-2-4-6-7;2*1-3-2;3*1-2;/h1-21H;2-6H,1H3;2*3H2,1-2H3;3*1-2H3;1H4. The molecular weight excluding hydrogens is 615 g/mol. The molecule has 272 valence electrons. The summed E-state index contributed by atoms with van der Waals surface area (Å²) < 4.78 is 2.44. The Balaban J connectivity index is 0.00000105. The summed E-state index contributed by atoms with van der Waals surface area (Å²) in [7, 11) is 0. The van der Waals surface area contributed by atoms with Gasteiger partial charge in [0.25, 0.3) is 0 Å². The maximum absolute atomic E-state index is 2.44. The molecule has 0 radical (unpaired) electrons. The summed E-state index contributed by atoms with van der Waals surface area (Å²) >= 11 is 0. The van der Waals surface area contributed by atoms with Crippen molar-refractivity contribution in [1.29, 1.82) is 0 Å². The van der Waals surface area contributed by atoms with Gasteiger partial charge < -0.3 is 4.57 Å². The molecule has 0 N–H and O–H groups in total. The number of aryl methyl sites for hydroxylation is 1. The molecule has 0 saturated carbocycles. The van der Waals surface area contributed by atoms with Crippen LogP contribution < -0.4 is 0 Å². The lowest BCUT2D eigenvalue weighted by atomic mass is 9.95. The van der Waals surface area contributed by atoms with Crippen LogP contribution in [0.2, 0.25) is 0 Å². The largest absolute Gasteiger partial charge is 0.308 e. The molecule has 0 atom stereocenters. The van der Waals surface area contributed by atoms with E-state index in [1.165, 1.54) is 68.2 Å². The van der Waals surface area contributed by atoms with E-state index in [0.717, 1.165) is 0 Å². The van der Waals surface area contributed by atoms with Crippen LogP contribution >= 0.6 is 0 Å². The predicted octanol–water partition coefficient (Wildman–Crippen LogP) is 16.7. The Kier molecular flexibility index (Phi) is 25.2. The van der Waals surface area contributed by atoms with Crippen molar-refractivity contribution in [2.24, 2.45) is 0 Å². The molecule has 1 heterocycles. The van der Waals surface area contributed by atoms with E-state index in [2.05, 4.69) is 179 Å². The Hall–Kier alpha value is -4.88. The van der Waals surface area contributed by atoms with Crippen LogP contribution in [0.1, 0.15) is 95.1 Å². The van der Waals surface area contributed by atoms with Crippen LogP contribution in [0.3, 0.4) is 0 Å². The van der Waals surface area contributed by atoms with Crippen molar-refractivity contribution in [3.05, 3.63) is 163 Å². The second-order valence-electron chi connectivity index (χ2n) is 10.9. The van der Waals surface area contributed by atoms with Gasteiger partial charge >= 0.3 is 0 Å². The van der Waals surface area contributed by atoms with Crippen molar-refractivity contribution in [3.8, 4) is 27.9 Å². The maximum atomic E-state index is 2.44. The molecule has 0 saturated heterocycles. The Bertz CT molecular complexity index is 1720. The molecule has 0 unspecified atom stereocenters. The van der Waals surface area contributed by atoms with Crippen LogP contribution in [0.5, 0.6) is 0 Å². The van der Waals surface area contributed by atoms with Crippen molar-refractivity contribution >= 4 is 21.8 Å². The molecular formula is C50H67N. The number of aromatic nitrogens is 1. The van der Waals surface area contributed by atoms with E-state index in [1.807, 2.05) is 59.7 Å². The number of para-hydroxylation sites is 3. The second kappa shape index (κ2) is 27.9. The molecule has 6 aromatic carbocycles. The number of benzene rings is 6. The van der Waals surface area contributed by atoms with Crippen LogP contribution in [-0.2, 0) is 0 Å². The monoisotopic (exact) mass is 682 g/mol. The van der Waals surface area contributed by atoms with Crippen molar-refractivity contribution in [2.45, 2.75) is 96.4 Å². The first-order valence-corrected chi connectivity index (χ1v) is 18.9. The van der Waals surface area contributed by atoms with E-state index in [1.54, 1.807) is 0 Å². The van der Waals surface area contributed by atoms with Gasteiger partial charge in [-0.25, -0.2) is 0 Å². The lowest BCUT2D eigenvalue weighted by Gasteiger charge is -2.19. The molecule has 0 aliphatic heterocycles. The predicted molar refractivity (Wildman–Crippen MR) is 236 cm³/mol. The second-order valence-corrected chi connectivity index (χ2v) is 10.9. The van der Waals surface area contributed by atoms with Gasteiger partial charge in [0.15, 0.2) is 0 Å². The highest BCUT2D eigenvalue weighted by molar-refractivity contribution is 6.10. The molecule has 1 nitrogen and oxygen atoms in total. The van der Waals surface area contributed by atoms with Gasteiger partial charge in [0, 0.05) is 21.9 Å². The highest BCUT2D eigenvalue weighted by atomic mass is 15.0. The number of nitrogens with zero attached hydrogens (tertiary/aromatic N) is 1. The Labute approximate surface area is 313 Å². The van der Waals surface area contributed by atoms with E-state index in [0.29, 0.717) is 0 Å². The van der Waals surface area contributed by atoms with Crippen molar-refractivity contribution in [2.75, 3.05) is 0 Å². The van der Waals surface area contributed by atoms with Gasteiger partial charge in [-0.15, -0.1) is 0 Å². The molecule has 51 heavy (non-hydrogen) atoms. The summed E-state index contributed by atoms with van der Waals surface area (Å²) in [5.74, 6) is 0. The molecule has 0 bridgehead atoms. The summed E-state index contributed by atoms with van der Waals surface area (Å²) in [5, 5.41) is 2.56. The first-order valence-electron chi connectivity index (χ1n) is 18.9. The highest BCUT2D eigenvalue weighted by Gasteiger charge is 2.19. The Morgan fingerprint density at radius 3 is 0.980 bits per heavy atom. The van der Waals surface area contributed by atoms with Crippen molar-refractivity contribution in [3.63, 3.8) is 0 Å². The minimum absolute atomic E-state index is 0. The fourth-order valence-corrected chi connectivity index (χ4v) is 5.18. The summed E-state index contributed by atoms with van der Waals surface area (Å²) in [5.41, 5.74) is 9.89. The first kappa shape index (κ1) is 46.1. The SMILES string of the molecule is C.CC.CC.CC.CCC.CCC.Cc1ccccc1.c1ccc(-c2cccc(-c3ccccc3)c2-n2c3ccccc3c3ccccc32)cc1. The molecule has 0 aliphatic rings. The molecule has 0 aliphatic carbocycles. The molecule has 7 aromatic rings. The minimum atomic E-state index is 0. The van der Waals surface area contributed by atoms with Crippen LogP contribution in [-0.4, -0.2) is 4.57 Å². The molecule has 0 fully saturated rings. The van der Waals surface area contributed by atoms with E-state index < -0.39 is 0 Å². The van der Waals surface area contributed by atoms with Gasteiger partial charge in [0.1, 0.15) is 0 Å². The third-order valence-corrected chi connectivity index (χ3v) is 6.95. The quantitative estimate of drug-likeness (QED) is 0.175. The Morgan fingerprint density at radius 2 is 0.667 bits per heavy atom. The first-order chi connectivity index (χ1) is 24.6. The van der Waals surface area contributed by atoms with Gasteiger partial charge in [-0.3, -0.25) is 0 Å². The van der Waals surface area contributed by atoms with Gasteiger partial charge in [-0.1, -0.05) is 241 Å². The van der Waals surface area contributed by atoms with E-state index in [-0.39, 0.29) is 7.43 Å². The third kappa shape index (κ3) is 13.4. The highest BCUT2D eigenvalue weighted by Crippen LogP contribution is 2.40. The zero-order chi connectivity index (χ0) is 37.1. The molecule has 1 heteroatoms. The normalized spacial score (nSPS) is 9.08. The van der Waals surface area contributed by atoms with Crippen LogP contribution in [0, 0.1) is 6.92 Å². The number of hydrogen-bond acceptors (Lipinski definition) is 0. The number of hydrogen-bond donors (Lipinski definition) is 0. The molecule has 7 rings (SSSR count). The van der Waals surface area contributed by atoms with E-state index in [4.69, 9.17) is 0 Å². The number of rotatable bonds is 3. The van der Waals surface area contributed by atoms with E-state index >= 15 is 0 Å². The average molecular weight is 682 g/mol. The average Bonchev–Trinajstić information content (AvgIpc) is 3.53. The van der Waals surface area contributed by atoms with Gasteiger partial charge in [-0.05, 0) is 30.2 Å². The summed E-state index contributed by atoms with van der Waals surface area (Å²) in [6, 6.07) is 55.7. The lowest BCUT2D eigenvalue weighted by Crippen LogP contribution is -2.00. The number of fused-ring (bicyclic) bond motifs is 3. The van der Waals surface area contributed by atoms with Gasteiger partial charge in [-0.2, -0.15) is 0 Å². The van der Waals surface area contributed by atoms with Crippen LogP contribution in [0.15, 0.2) is 158 Å². The maximum Gasteiger partial charge on any atom is 0.0618 e. The molecule has 0 amide bonds.